The lowest BCUT2D eigenvalue weighted by Crippen LogP contribution is -2.12. The van der Waals surface area contributed by atoms with Crippen LogP contribution in [0.1, 0.15) is 32.2 Å². The highest BCUT2D eigenvalue weighted by atomic mass is 32.2. The summed E-state index contributed by atoms with van der Waals surface area (Å²) in [5.41, 5.74) is 3.16. The Labute approximate surface area is 173 Å². The Morgan fingerprint density at radius 2 is 1.62 bits per heavy atom. The summed E-state index contributed by atoms with van der Waals surface area (Å²) in [5.74, 6) is 8.30. The van der Waals surface area contributed by atoms with Gasteiger partial charge < -0.3 is 10.3 Å². The van der Waals surface area contributed by atoms with E-state index in [0.29, 0.717) is 28.5 Å². The molecule has 0 radical (unpaired) electrons. The van der Waals surface area contributed by atoms with E-state index in [2.05, 4.69) is 53.3 Å². The van der Waals surface area contributed by atoms with Crippen molar-refractivity contribution in [3.05, 3.63) is 66.1 Å². The van der Waals surface area contributed by atoms with Gasteiger partial charge >= 0.3 is 0 Å². The SMILES string of the molecule is CC(C)(C)c1ccc(-c2nnc(SCc3nnc(-c4ccccc4)o3)n2N)cc1. The number of nitrogen functional groups attached to an aromatic ring is 1. The highest BCUT2D eigenvalue weighted by molar-refractivity contribution is 7.98. The van der Waals surface area contributed by atoms with E-state index >= 15 is 0 Å². The minimum atomic E-state index is 0.0958. The quantitative estimate of drug-likeness (QED) is 0.390. The van der Waals surface area contributed by atoms with Gasteiger partial charge in [-0.25, -0.2) is 4.68 Å². The first-order valence-corrected chi connectivity index (χ1v) is 10.2. The first-order chi connectivity index (χ1) is 13.9. The van der Waals surface area contributed by atoms with Crippen LogP contribution in [0, 0.1) is 0 Å². The van der Waals surface area contributed by atoms with E-state index in [-0.39, 0.29) is 5.41 Å². The topological polar surface area (TPSA) is 95.6 Å². The minimum absolute atomic E-state index is 0.0958. The first-order valence-electron chi connectivity index (χ1n) is 9.24. The molecular weight excluding hydrogens is 384 g/mol. The van der Waals surface area contributed by atoms with Gasteiger partial charge in [-0.15, -0.1) is 20.4 Å². The fourth-order valence-electron chi connectivity index (χ4n) is 2.83. The van der Waals surface area contributed by atoms with E-state index in [4.69, 9.17) is 10.3 Å². The van der Waals surface area contributed by atoms with Gasteiger partial charge in [0.2, 0.25) is 16.9 Å². The molecule has 2 N–H and O–H groups in total. The van der Waals surface area contributed by atoms with E-state index in [0.717, 1.165) is 11.1 Å². The Morgan fingerprint density at radius 1 is 0.897 bits per heavy atom. The predicted molar refractivity (Wildman–Crippen MR) is 114 cm³/mol. The van der Waals surface area contributed by atoms with Crippen LogP contribution in [-0.4, -0.2) is 25.1 Å². The summed E-state index contributed by atoms with van der Waals surface area (Å²) in [6, 6.07) is 17.9. The number of nitrogens with zero attached hydrogens (tertiary/aromatic N) is 5. The first kappa shape index (κ1) is 19.2. The zero-order valence-electron chi connectivity index (χ0n) is 16.5. The van der Waals surface area contributed by atoms with Crippen LogP contribution in [0.25, 0.3) is 22.8 Å². The van der Waals surface area contributed by atoms with Crippen molar-refractivity contribution in [3.63, 3.8) is 0 Å². The molecule has 0 spiro atoms. The third-order valence-electron chi connectivity index (χ3n) is 4.49. The van der Waals surface area contributed by atoms with Crippen molar-refractivity contribution >= 4 is 11.8 Å². The average molecular weight is 407 g/mol. The van der Waals surface area contributed by atoms with Crippen LogP contribution in [-0.2, 0) is 11.2 Å². The number of aromatic nitrogens is 5. The Bertz CT molecular complexity index is 1100. The predicted octanol–water partition coefficient (Wildman–Crippen LogP) is 4.30. The van der Waals surface area contributed by atoms with E-state index in [1.807, 2.05) is 42.5 Å². The summed E-state index contributed by atoms with van der Waals surface area (Å²) in [5, 5.41) is 17.2. The van der Waals surface area contributed by atoms with Crippen LogP contribution in [0.15, 0.2) is 64.2 Å². The molecule has 148 valence electrons. The molecule has 2 aromatic carbocycles. The highest BCUT2D eigenvalue weighted by Crippen LogP contribution is 2.28. The Kier molecular flexibility index (Phi) is 5.10. The molecule has 0 saturated heterocycles. The summed E-state index contributed by atoms with van der Waals surface area (Å²) in [6.45, 7) is 6.55. The summed E-state index contributed by atoms with van der Waals surface area (Å²) < 4.78 is 7.22. The number of thioether (sulfide) groups is 1. The molecule has 2 heterocycles. The summed E-state index contributed by atoms with van der Waals surface area (Å²) in [7, 11) is 0. The molecule has 0 fully saturated rings. The largest absolute Gasteiger partial charge is 0.420 e. The van der Waals surface area contributed by atoms with Crippen LogP contribution in [0.5, 0.6) is 0 Å². The van der Waals surface area contributed by atoms with Crippen molar-refractivity contribution in [2.24, 2.45) is 0 Å². The van der Waals surface area contributed by atoms with E-state index in [1.54, 1.807) is 0 Å². The molecule has 0 amide bonds. The van der Waals surface area contributed by atoms with Crippen LogP contribution in [0.4, 0.5) is 0 Å². The van der Waals surface area contributed by atoms with Gasteiger partial charge in [-0.3, -0.25) is 0 Å². The molecule has 0 unspecified atom stereocenters. The molecule has 8 heteroatoms. The number of rotatable bonds is 5. The summed E-state index contributed by atoms with van der Waals surface area (Å²) >= 11 is 1.40. The standard InChI is InChI=1S/C21H22N6OS/c1-21(2,3)16-11-9-14(10-12-16)18-24-26-20(27(18)22)29-13-17-23-25-19(28-17)15-7-5-4-6-8-15/h4-12H,13,22H2,1-3H3. The van der Waals surface area contributed by atoms with Gasteiger partial charge in [0.1, 0.15) is 0 Å². The molecule has 0 bridgehead atoms. The summed E-state index contributed by atoms with van der Waals surface area (Å²) in [4.78, 5) is 0. The lowest BCUT2D eigenvalue weighted by molar-refractivity contribution is 0.528. The molecule has 0 aliphatic heterocycles. The van der Waals surface area contributed by atoms with Gasteiger partial charge in [0, 0.05) is 11.1 Å². The summed E-state index contributed by atoms with van der Waals surface area (Å²) in [6.07, 6.45) is 0. The van der Waals surface area contributed by atoms with Gasteiger partial charge in [-0.2, -0.15) is 0 Å². The Balaban J connectivity index is 1.46. The normalized spacial score (nSPS) is 11.7. The molecule has 4 aromatic rings. The van der Waals surface area contributed by atoms with Crippen molar-refractivity contribution in [1.29, 1.82) is 0 Å². The monoisotopic (exact) mass is 406 g/mol. The molecule has 7 nitrogen and oxygen atoms in total. The van der Waals surface area contributed by atoms with Crippen LogP contribution in [0.2, 0.25) is 0 Å². The van der Waals surface area contributed by atoms with Gasteiger partial charge in [0.05, 0.1) is 5.75 Å². The average Bonchev–Trinajstić information content (AvgIpc) is 3.33. The van der Waals surface area contributed by atoms with Crippen molar-refractivity contribution in [2.45, 2.75) is 37.1 Å². The molecule has 0 aliphatic carbocycles. The molecule has 2 aromatic heterocycles. The van der Waals surface area contributed by atoms with Crippen molar-refractivity contribution in [3.8, 4) is 22.8 Å². The highest BCUT2D eigenvalue weighted by Gasteiger charge is 2.17. The second-order valence-corrected chi connectivity index (χ2v) is 8.60. The molecule has 0 atom stereocenters. The van der Waals surface area contributed by atoms with Crippen molar-refractivity contribution in [2.75, 3.05) is 5.84 Å². The van der Waals surface area contributed by atoms with E-state index in [1.165, 1.54) is 22.0 Å². The van der Waals surface area contributed by atoms with Gasteiger partial charge in [0.25, 0.3) is 0 Å². The molecule has 29 heavy (non-hydrogen) atoms. The maximum absolute atomic E-state index is 6.22. The number of hydrogen-bond acceptors (Lipinski definition) is 7. The van der Waals surface area contributed by atoms with Crippen LogP contribution >= 0.6 is 11.8 Å². The number of benzene rings is 2. The maximum Gasteiger partial charge on any atom is 0.247 e. The second-order valence-electron chi connectivity index (χ2n) is 7.66. The van der Waals surface area contributed by atoms with Crippen LogP contribution < -0.4 is 5.84 Å². The van der Waals surface area contributed by atoms with E-state index in [9.17, 15) is 0 Å². The van der Waals surface area contributed by atoms with Crippen molar-refractivity contribution in [1.82, 2.24) is 25.1 Å². The third kappa shape index (κ3) is 4.17. The minimum Gasteiger partial charge on any atom is -0.420 e. The van der Waals surface area contributed by atoms with Gasteiger partial charge in [-0.1, -0.05) is 75.0 Å². The lowest BCUT2D eigenvalue weighted by atomic mass is 9.87. The zero-order chi connectivity index (χ0) is 20.4. The lowest BCUT2D eigenvalue weighted by Gasteiger charge is -2.19. The van der Waals surface area contributed by atoms with Gasteiger partial charge in [-0.05, 0) is 23.1 Å². The van der Waals surface area contributed by atoms with E-state index < -0.39 is 0 Å². The third-order valence-corrected chi connectivity index (χ3v) is 5.41. The Morgan fingerprint density at radius 3 is 2.31 bits per heavy atom. The van der Waals surface area contributed by atoms with Crippen molar-refractivity contribution < 1.29 is 4.42 Å². The fraction of sp³-hybridized carbons (Fsp3) is 0.238. The zero-order valence-corrected chi connectivity index (χ0v) is 17.3. The smallest absolute Gasteiger partial charge is 0.247 e. The molecular formula is C21H22N6OS. The maximum atomic E-state index is 6.22. The Hall–Kier alpha value is -3.13. The van der Waals surface area contributed by atoms with Gasteiger partial charge in [0.15, 0.2) is 5.82 Å². The number of hydrogen-bond donors (Lipinski definition) is 1. The molecule has 0 saturated carbocycles. The van der Waals surface area contributed by atoms with Crippen LogP contribution in [0.3, 0.4) is 0 Å². The second kappa shape index (κ2) is 7.71. The number of nitrogens with two attached hydrogens (primary N) is 1. The fourth-order valence-corrected chi connectivity index (χ4v) is 3.52. The molecule has 4 rings (SSSR count). The molecule has 0 aliphatic rings.